The summed E-state index contributed by atoms with van der Waals surface area (Å²) in [6.45, 7) is 3.60. The minimum absolute atomic E-state index is 0.00535. The van der Waals surface area contributed by atoms with Crippen LogP contribution >= 0.6 is 0 Å². The molecule has 0 aromatic carbocycles. The molecule has 98 valence electrons. The molecule has 0 saturated heterocycles. The van der Waals surface area contributed by atoms with Gasteiger partial charge in [-0.25, -0.2) is 0 Å². The molecule has 1 aromatic rings. The number of aromatic nitrogens is 1. The van der Waals surface area contributed by atoms with Crippen molar-refractivity contribution in [3.05, 3.63) is 30.1 Å². The summed E-state index contributed by atoms with van der Waals surface area (Å²) in [6, 6.07) is 5.34. The van der Waals surface area contributed by atoms with Crippen molar-refractivity contribution in [1.82, 2.24) is 10.3 Å². The Hall–Kier alpha value is -1.91. The van der Waals surface area contributed by atoms with Crippen LogP contribution in [0, 0.1) is 5.92 Å². The van der Waals surface area contributed by atoms with Crippen LogP contribution in [-0.2, 0) is 9.59 Å². The van der Waals surface area contributed by atoms with Crippen molar-refractivity contribution in [2.75, 3.05) is 0 Å². The predicted molar refractivity (Wildman–Crippen MR) is 66.8 cm³/mol. The van der Waals surface area contributed by atoms with Gasteiger partial charge in [-0.15, -0.1) is 0 Å². The fourth-order valence-electron chi connectivity index (χ4n) is 1.69. The van der Waals surface area contributed by atoms with Gasteiger partial charge in [-0.2, -0.15) is 0 Å². The van der Waals surface area contributed by atoms with E-state index in [1.807, 2.05) is 25.1 Å². The number of hydrogen-bond donors (Lipinski definition) is 2. The molecular weight excluding hydrogens is 232 g/mol. The Morgan fingerprint density at radius 2 is 2.06 bits per heavy atom. The summed E-state index contributed by atoms with van der Waals surface area (Å²) in [5, 5.41) is 11.4. The van der Waals surface area contributed by atoms with Crippen molar-refractivity contribution < 1.29 is 14.7 Å². The van der Waals surface area contributed by atoms with Crippen LogP contribution < -0.4 is 5.32 Å². The zero-order chi connectivity index (χ0) is 13.5. The largest absolute Gasteiger partial charge is 0.481 e. The Labute approximate surface area is 106 Å². The monoisotopic (exact) mass is 250 g/mol. The highest BCUT2D eigenvalue weighted by molar-refractivity contribution is 5.77. The summed E-state index contributed by atoms with van der Waals surface area (Å²) in [4.78, 5) is 26.3. The van der Waals surface area contributed by atoms with E-state index in [0.717, 1.165) is 5.69 Å². The van der Waals surface area contributed by atoms with Crippen molar-refractivity contribution in [2.45, 2.75) is 32.7 Å². The maximum absolute atomic E-state index is 11.7. The lowest BCUT2D eigenvalue weighted by Crippen LogP contribution is -2.28. The molecule has 1 heterocycles. The van der Waals surface area contributed by atoms with Gasteiger partial charge in [0, 0.05) is 19.0 Å². The first kappa shape index (κ1) is 14.2. The molecule has 0 spiro atoms. The molecule has 5 nitrogen and oxygen atoms in total. The Balaban J connectivity index is 2.43. The molecule has 5 heteroatoms. The van der Waals surface area contributed by atoms with Gasteiger partial charge < -0.3 is 10.4 Å². The molecule has 0 saturated carbocycles. The van der Waals surface area contributed by atoms with Crippen LogP contribution in [0.25, 0.3) is 0 Å². The van der Waals surface area contributed by atoms with Gasteiger partial charge in [-0.3, -0.25) is 14.6 Å². The Morgan fingerprint density at radius 1 is 1.33 bits per heavy atom. The second-order valence-corrected chi connectivity index (χ2v) is 4.45. The van der Waals surface area contributed by atoms with Gasteiger partial charge in [0.2, 0.25) is 5.91 Å². The van der Waals surface area contributed by atoms with E-state index in [9.17, 15) is 9.59 Å². The van der Waals surface area contributed by atoms with E-state index >= 15 is 0 Å². The molecule has 0 aliphatic heterocycles. The quantitative estimate of drug-likeness (QED) is 0.806. The van der Waals surface area contributed by atoms with E-state index < -0.39 is 5.97 Å². The third-order valence-electron chi connectivity index (χ3n) is 2.57. The first-order chi connectivity index (χ1) is 8.49. The topological polar surface area (TPSA) is 79.3 Å². The smallest absolute Gasteiger partial charge is 0.303 e. The number of carboxylic acids is 1. The van der Waals surface area contributed by atoms with Crippen molar-refractivity contribution >= 4 is 11.9 Å². The summed E-state index contributed by atoms with van der Waals surface area (Å²) >= 11 is 0. The lowest BCUT2D eigenvalue weighted by molar-refractivity contribution is -0.138. The van der Waals surface area contributed by atoms with Gasteiger partial charge in [0.15, 0.2) is 0 Å². The van der Waals surface area contributed by atoms with Gasteiger partial charge in [0.25, 0.3) is 0 Å². The van der Waals surface area contributed by atoms with E-state index in [1.54, 1.807) is 13.1 Å². The minimum atomic E-state index is -0.881. The minimum Gasteiger partial charge on any atom is -0.481 e. The molecule has 1 aromatic heterocycles. The Bertz CT molecular complexity index is 406. The summed E-state index contributed by atoms with van der Waals surface area (Å²) < 4.78 is 0. The molecule has 1 rings (SSSR count). The molecule has 0 aliphatic carbocycles. The number of aliphatic carboxylic acids is 1. The molecule has 18 heavy (non-hydrogen) atoms. The van der Waals surface area contributed by atoms with Crippen LogP contribution in [0.2, 0.25) is 0 Å². The molecule has 0 bridgehead atoms. The van der Waals surface area contributed by atoms with Gasteiger partial charge in [0.05, 0.1) is 11.7 Å². The molecule has 2 atom stereocenters. The standard InChI is InChI=1S/C13H18N2O3/c1-9(8-13(17)18)7-12(16)15-10(2)11-5-3-4-6-14-11/h3-6,9-10H,7-8H2,1-2H3,(H,15,16)(H,17,18)/t9?,10-/m0/s1. The second-order valence-electron chi connectivity index (χ2n) is 4.45. The fraction of sp³-hybridized carbons (Fsp3) is 0.462. The average molecular weight is 250 g/mol. The number of amides is 1. The number of carbonyl (C=O) groups excluding carboxylic acids is 1. The summed E-state index contributed by atoms with van der Waals surface area (Å²) in [5.41, 5.74) is 0.789. The average Bonchev–Trinajstić information content (AvgIpc) is 2.28. The molecule has 1 amide bonds. The predicted octanol–water partition coefficient (Wildman–Crippen LogP) is 1.76. The number of carboxylic acid groups (broad SMARTS) is 1. The second kappa shape index (κ2) is 6.74. The van der Waals surface area contributed by atoms with Gasteiger partial charge in [0.1, 0.15) is 0 Å². The van der Waals surface area contributed by atoms with Crippen LogP contribution in [0.4, 0.5) is 0 Å². The van der Waals surface area contributed by atoms with Crippen LogP contribution in [0.5, 0.6) is 0 Å². The highest BCUT2D eigenvalue weighted by Gasteiger charge is 2.15. The molecule has 0 fully saturated rings. The number of nitrogens with zero attached hydrogens (tertiary/aromatic N) is 1. The zero-order valence-electron chi connectivity index (χ0n) is 10.6. The molecule has 2 N–H and O–H groups in total. The lowest BCUT2D eigenvalue weighted by atomic mass is 10.0. The van der Waals surface area contributed by atoms with Crippen LogP contribution in [0.15, 0.2) is 24.4 Å². The SMILES string of the molecule is CC(CC(=O)O)CC(=O)N[C@@H](C)c1ccccn1. The van der Waals surface area contributed by atoms with Crippen LogP contribution in [0.1, 0.15) is 38.4 Å². The fourth-order valence-corrected chi connectivity index (χ4v) is 1.69. The summed E-state index contributed by atoms with van der Waals surface area (Å²) in [6.07, 6.45) is 1.89. The molecule has 0 aliphatic rings. The van der Waals surface area contributed by atoms with Crippen LogP contribution in [0.3, 0.4) is 0 Å². The highest BCUT2D eigenvalue weighted by Crippen LogP contribution is 2.11. The van der Waals surface area contributed by atoms with E-state index in [2.05, 4.69) is 10.3 Å². The van der Waals surface area contributed by atoms with E-state index in [4.69, 9.17) is 5.11 Å². The highest BCUT2D eigenvalue weighted by atomic mass is 16.4. The zero-order valence-corrected chi connectivity index (χ0v) is 10.6. The van der Waals surface area contributed by atoms with Crippen molar-refractivity contribution in [2.24, 2.45) is 5.92 Å². The van der Waals surface area contributed by atoms with E-state index in [1.165, 1.54) is 0 Å². The molecule has 1 unspecified atom stereocenters. The van der Waals surface area contributed by atoms with Crippen molar-refractivity contribution in [3.63, 3.8) is 0 Å². The maximum atomic E-state index is 11.7. The number of hydrogen-bond acceptors (Lipinski definition) is 3. The third-order valence-corrected chi connectivity index (χ3v) is 2.57. The van der Waals surface area contributed by atoms with Gasteiger partial charge >= 0.3 is 5.97 Å². The van der Waals surface area contributed by atoms with Crippen LogP contribution in [-0.4, -0.2) is 22.0 Å². The van der Waals surface area contributed by atoms with Crippen molar-refractivity contribution in [1.29, 1.82) is 0 Å². The Morgan fingerprint density at radius 3 is 2.61 bits per heavy atom. The third kappa shape index (κ3) is 4.95. The van der Waals surface area contributed by atoms with Gasteiger partial charge in [-0.05, 0) is 25.0 Å². The first-order valence-electron chi connectivity index (χ1n) is 5.91. The van der Waals surface area contributed by atoms with Gasteiger partial charge in [-0.1, -0.05) is 13.0 Å². The molecular formula is C13H18N2O3. The van der Waals surface area contributed by atoms with E-state index in [0.29, 0.717) is 0 Å². The maximum Gasteiger partial charge on any atom is 0.303 e. The van der Waals surface area contributed by atoms with Crippen molar-refractivity contribution in [3.8, 4) is 0 Å². The summed E-state index contributed by atoms with van der Waals surface area (Å²) in [5.74, 6) is -1.20. The first-order valence-corrected chi connectivity index (χ1v) is 5.91. The normalized spacial score (nSPS) is 13.7. The number of pyridine rings is 1. The number of rotatable bonds is 6. The number of nitrogens with one attached hydrogen (secondary N) is 1. The number of carbonyl (C=O) groups is 2. The van der Waals surface area contributed by atoms with E-state index in [-0.39, 0.29) is 30.7 Å². The lowest BCUT2D eigenvalue weighted by Gasteiger charge is -2.15. The molecule has 0 radical (unpaired) electrons. The Kier molecular flexibility index (Phi) is 5.30. The summed E-state index contributed by atoms with van der Waals surface area (Å²) in [7, 11) is 0.